The van der Waals surface area contributed by atoms with Gasteiger partial charge in [-0.15, -0.1) is 24.0 Å². The summed E-state index contributed by atoms with van der Waals surface area (Å²) >= 11 is 0. The standard InChI is InChI=1S/C19H31N5.HI/c1-5-16(6-2)14-22-19(20-4)21-12-9-13-24-15(3)23-17-10-7-8-11-18(17)24;/h7-8,10-11,16H,5-6,9,12-14H2,1-4H3,(H2,20,21,22);1H. The smallest absolute Gasteiger partial charge is 0.190 e. The number of aromatic nitrogens is 2. The largest absolute Gasteiger partial charge is 0.356 e. The zero-order valence-electron chi connectivity index (χ0n) is 15.9. The van der Waals surface area contributed by atoms with Crippen LogP contribution in [0.25, 0.3) is 11.0 Å². The van der Waals surface area contributed by atoms with Crippen molar-refractivity contribution in [2.45, 2.75) is 46.6 Å². The first-order valence-corrected chi connectivity index (χ1v) is 9.05. The highest BCUT2D eigenvalue weighted by Gasteiger charge is 2.07. The fourth-order valence-corrected chi connectivity index (χ4v) is 2.96. The monoisotopic (exact) mass is 457 g/mol. The van der Waals surface area contributed by atoms with Crippen LogP contribution in [-0.4, -0.2) is 35.6 Å². The Morgan fingerprint density at radius 3 is 2.60 bits per heavy atom. The maximum absolute atomic E-state index is 4.62. The molecule has 6 heteroatoms. The Hall–Kier alpha value is -1.31. The number of nitrogens with one attached hydrogen (secondary N) is 2. The minimum absolute atomic E-state index is 0. The molecule has 0 saturated heterocycles. The number of rotatable bonds is 8. The third-order valence-corrected chi connectivity index (χ3v) is 4.63. The number of fused-ring (bicyclic) bond motifs is 1. The van der Waals surface area contributed by atoms with Crippen molar-refractivity contribution in [2.75, 3.05) is 20.1 Å². The van der Waals surface area contributed by atoms with Gasteiger partial charge in [0.2, 0.25) is 0 Å². The van der Waals surface area contributed by atoms with E-state index >= 15 is 0 Å². The summed E-state index contributed by atoms with van der Waals surface area (Å²) < 4.78 is 2.29. The fourth-order valence-electron chi connectivity index (χ4n) is 2.96. The lowest BCUT2D eigenvalue weighted by Crippen LogP contribution is -2.40. The van der Waals surface area contributed by atoms with Gasteiger partial charge in [0.05, 0.1) is 11.0 Å². The maximum Gasteiger partial charge on any atom is 0.190 e. The van der Waals surface area contributed by atoms with E-state index in [1.807, 2.05) is 13.1 Å². The minimum atomic E-state index is 0. The second-order valence-corrected chi connectivity index (χ2v) is 6.22. The third kappa shape index (κ3) is 6.17. The van der Waals surface area contributed by atoms with Crippen LogP contribution in [0.4, 0.5) is 0 Å². The van der Waals surface area contributed by atoms with Gasteiger partial charge < -0.3 is 15.2 Å². The average molecular weight is 457 g/mol. The molecule has 25 heavy (non-hydrogen) atoms. The summed E-state index contributed by atoms with van der Waals surface area (Å²) in [5, 5.41) is 6.83. The van der Waals surface area contributed by atoms with E-state index in [2.05, 4.69) is 64.1 Å². The molecule has 1 aromatic heterocycles. The third-order valence-electron chi connectivity index (χ3n) is 4.63. The van der Waals surface area contributed by atoms with Crippen molar-refractivity contribution >= 4 is 41.0 Å². The second kappa shape index (κ2) is 11.3. The van der Waals surface area contributed by atoms with Crippen molar-refractivity contribution < 1.29 is 0 Å². The SMILES string of the molecule is CCC(CC)CNC(=NC)NCCCn1c(C)nc2ccccc21.I. The van der Waals surface area contributed by atoms with Crippen LogP contribution in [0.3, 0.4) is 0 Å². The number of benzene rings is 1. The predicted octanol–water partition coefficient (Wildman–Crippen LogP) is 3.95. The quantitative estimate of drug-likeness (QED) is 0.273. The van der Waals surface area contributed by atoms with E-state index in [1.54, 1.807) is 0 Å². The van der Waals surface area contributed by atoms with Crippen molar-refractivity contribution in [3.8, 4) is 0 Å². The molecule has 0 atom stereocenters. The molecular weight excluding hydrogens is 425 g/mol. The number of halogens is 1. The molecule has 5 nitrogen and oxygen atoms in total. The molecule has 0 radical (unpaired) electrons. The fraction of sp³-hybridized carbons (Fsp3) is 0.579. The zero-order valence-corrected chi connectivity index (χ0v) is 18.2. The number of para-hydroxylation sites is 2. The summed E-state index contributed by atoms with van der Waals surface area (Å²) in [5.41, 5.74) is 2.29. The van der Waals surface area contributed by atoms with Gasteiger partial charge >= 0.3 is 0 Å². The van der Waals surface area contributed by atoms with Crippen molar-refractivity contribution in [3.63, 3.8) is 0 Å². The molecule has 0 spiro atoms. The first-order valence-electron chi connectivity index (χ1n) is 9.05. The van der Waals surface area contributed by atoms with Crippen molar-refractivity contribution in [1.82, 2.24) is 20.2 Å². The maximum atomic E-state index is 4.62. The molecule has 0 saturated carbocycles. The van der Waals surface area contributed by atoms with Gasteiger partial charge in [0, 0.05) is 26.7 Å². The molecule has 0 aliphatic carbocycles. The van der Waals surface area contributed by atoms with Crippen LogP contribution in [-0.2, 0) is 6.54 Å². The Labute approximate surface area is 168 Å². The molecule has 2 N–H and O–H groups in total. The lowest BCUT2D eigenvalue weighted by atomic mass is 10.0. The van der Waals surface area contributed by atoms with E-state index in [0.717, 1.165) is 43.4 Å². The first-order chi connectivity index (χ1) is 11.7. The molecule has 0 aliphatic rings. The van der Waals surface area contributed by atoms with Crippen LogP contribution in [0.15, 0.2) is 29.3 Å². The van der Waals surface area contributed by atoms with Crippen LogP contribution in [0, 0.1) is 12.8 Å². The van der Waals surface area contributed by atoms with E-state index < -0.39 is 0 Å². The normalized spacial score (nSPS) is 11.6. The van der Waals surface area contributed by atoms with Crippen LogP contribution in [0.1, 0.15) is 38.9 Å². The van der Waals surface area contributed by atoms with Gasteiger partial charge in [0.1, 0.15) is 5.82 Å². The van der Waals surface area contributed by atoms with Gasteiger partial charge in [0.15, 0.2) is 5.96 Å². The van der Waals surface area contributed by atoms with E-state index in [1.165, 1.54) is 18.4 Å². The van der Waals surface area contributed by atoms with Crippen molar-refractivity contribution in [2.24, 2.45) is 10.9 Å². The lowest BCUT2D eigenvalue weighted by Gasteiger charge is -2.17. The average Bonchev–Trinajstić information content (AvgIpc) is 2.93. The molecule has 1 aromatic carbocycles. The highest BCUT2D eigenvalue weighted by atomic mass is 127. The van der Waals surface area contributed by atoms with E-state index in [0.29, 0.717) is 5.92 Å². The highest BCUT2D eigenvalue weighted by Crippen LogP contribution is 2.15. The molecular formula is C19H32IN5. The topological polar surface area (TPSA) is 54.2 Å². The number of aliphatic imine (C=N–C) groups is 1. The van der Waals surface area contributed by atoms with Gasteiger partial charge in [-0.3, -0.25) is 4.99 Å². The number of imidazole rings is 1. The van der Waals surface area contributed by atoms with Crippen molar-refractivity contribution in [1.29, 1.82) is 0 Å². The van der Waals surface area contributed by atoms with E-state index in [9.17, 15) is 0 Å². The molecule has 0 fully saturated rings. The summed E-state index contributed by atoms with van der Waals surface area (Å²) in [4.78, 5) is 8.92. The molecule has 2 rings (SSSR count). The summed E-state index contributed by atoms with van der Waals surface area (Å²) in [6.45, 7) is 9.40. The van der Waals surface area contributed by atoms with E-state index in [-0.39, 0.29) is 24.0 Å². The Balaban J connectivity index is 0.00000312. The summed E-state index contributed by atoms with van der Waals surface area (Å²) in [7, 11) is 1.83. The van der Waals surface area contributed by atoms with Crippen molar-refractivity contribution in [3.05, 3.63) is 30.1 Å². The van der Waals surface area contributed by atoms with Crippen LogP contribution >= 0.6 is 24.0 Å². The second-order valence-electron chi connectivity index (χ2n) is 6.22. The van der Waals surface area contributed by atoms with Gasteiger partial charge in [-0.05, 0) is 31.4 Å². The van der Waals surface area contributed by atoms with E-state index in [4.69, 9.17) is 0 Å². The zero-order chi connectivity index (χ0) is 17.4. The summed E-state index contributed by atoms with van der Waals surface area (Å²) in [6, 6.07) is 8.32. The Kier molecular flexibility index (Phi) is 9.85. The molecule has 1 heterocycles. The number of hydrogen-bond acceptors (Lipinski definition) is 2. The number of guanidine groups is 1. The van der Waals surface area contributed by atoms with Gasteiger partial charge in [-0.25, -0.2) is 4.98 Å². The number of aryl methyl sites for hydroxylation is 2. The molecule has 2 aromatic rings. The van der Waals surface area contributed by atoms with Crippen LogP contribution in [0.5, 0.6) is 0 Å². The highest BCUT2D eigenvalue weighted by molar-refractivity contribution is 14.0. The first kappa shape index (κ1) is 21.7. The molecule has 0 bridgehead atoms. The summed E-state index contributed by atoms with van der Waals surface area (Å²) in [5.74, 6) is 2.69. The van der Waals surface area contributed by atoms with Gasteiger partial charge in [-0.2, -0.15) is 0 Å². The number of hydrogen-bond donors (Lipinski definition) is 2. The molecule has 0 aliphatic heterocycles. The molecule has 0 amide bonds. The Morgan fingerprint density at radius 2 is 1.92 bits per heavy atom. The lowest BCUT2D eigenvalue weighted by molar-refractivity contribution is 0.481. The van der Waals surface area contributed by atoms with Gasteiger partial charge in [-0.1, -0.05) is 38.8 Å². The predicted molar refractivity (Wildman–Crippen MR) is 118 cm³/mol. The Bertz CT molecular complexity index is 661. The minimum Gasteiger partial charge on any atom is -0.356 e. The van der Waals surface area contributed by atoms with Crippen LogP contribution in [0.2, 0.25) is 0 Å². The number of nitrogens with zero attached hydrogens (tertiary/aromatic N) is 3. The molecule has 140 valence electrons. The van der Waals surface area contributed by atoms with Crippen LogP contribution < -0.4 is 10.6 Å². The Morgan fingerprint density at radius 1 is 1.20 bits per heavy atom. The van der Waals surface area contributed by atoms with Gasteiger partial charge in [0.25, 0.3) is 0 Å². The summed E-state index contributed by atoms with van der Waals surface area (Å²) in [6.07, 6.45) is 3.44. The molecule has 0 unspecified atom stereocenters.